The van der Waals surface area contributed by atoms with Gasteiger partial charge >= 0.3 is 5.97 Å². The van der Waals surface area contributed by atoms with E-state index in [9.17, 15) is 4.79 Å². The minimum absolute atomic E-state index is 0.220. The molecule has 0 spiro atoms. The van der Waals surface area contributed by atoms with Crippen LogP contribution in [0, 0.1) is 0 Å². The van der Waals surface area contributed by atoms with Gasteiger partial charge in [-0.1, -0.05) is 0 Å². The molecule has 0 bridgehead atoms. The lowest BCUT2D eigenvalue weighted by atomic mass is 10.3. The molecule has 76 valence electrons. The number of hydrogen-bond donors (Lipinski definition) is 1. The highest BCUT2D eigenvalue weighted by Gasteiger charge is 2.25. The first-order valence-corrected chi connectivity index (χ1v) is 4.26. The lowest BCUT2D eigenvalue weighted by Gasteiger charge is -2.15. The van der Waals surface area contributed by atoms with E-state index in [0.717, 1.165) is 5.82 Å². The summed E-state index contributed by atoms with van der Waals surface area (Å²) >= 11 is 0. The minimum Gasteiger partial charge on any atom is -0.485 e. The smallest absolute Gasteiger partial charge is 0.362 e. The van der Waals surface area contributed by atoms with Crippen molar-refractivity contribution in [3.05, 3.63) is 5.69 Å². The second-order valence-electron chi connectivity index (χ2n) is 2.92. The third-order valence-corrected chi connectivity index (χ3v) is 2.02. The standard InChI is InChI=1S/C8H11N3O3/c1-11-7-6(14-4-3-9-7)5(10-11)8(12)13-2/h9H,3-4H2,1-2H3. The number of anilines is 1. The molecule has 2 rings (SSSR count). The van der Waals surface area contributed by atoms with Crippen molar-refractivity contribution < 1.29 is 14.3 Å². The fourth-order valence-corrected chi connectivity index (χ4v) is 1.39. The quantitative estimate of drug-likeness (QED) is 0.642. The summed E-state index contributed by atoms with van der Waals surface area (Å²) in [5.41, 5.74) is 0.220. The zero-order chi connectivity index (χ0) is 10.1. The zero-order valence-electron chi connectivity index (χ0n) is 8.03. The van der Waals surface area contributed by atoms with Crippen molar-refractivity contribution in [1.29, 1.82) is 0 Å². The molecule has 1 aromatic rings. The molecule has 0 aromatic carbocycles. The van der Waals surface area contributed by atoms with Crippen molar-refractivity contribution in [1.82, 2.24) is 9.78 Å². The number of nitrogens with one attached hydrogen (secondary N) is 1. The zero-order valence-corrected chi connectivity index (χ0v) is 8.03. The molecule has 6 nitrogen and oxygen atoms in total. The van der Waals surface area contributed by atoms with Gasteiger partial charge < -0.3 is 14.8 Å². The van der Waals surface area contributed by atoms with Crippen LogP contribution in [0.5, 0.6) is 5.75 Å². The van der Waals surface area contributed by atoms with Gasteiger partial charge in [0, 0.05) is 7.05 Å². The van der Waals surface area contributed by atoms with Crippen LogP contribution in [0.1, 0.15) is 10.5 Å². The van der Waals surface area contributed by atoms with E-state index in [1.807, 2.05) is 0 Å². The van der Waals surface area contributed by atoms with Crippen LogP contribution in [-0.2, 0) is 11.8 Å². The molecule has 1 aromatic heterocycles. The van der Waals surface area contributed by atoms with Crippen molar-refractivity contribution in [2.75, 3.05) is 25.6 Å². The molecule has 0 radical (unpaired) electrons. The van der Waals surface area contributed by atoms with Gasteiger partial charge in [0.05, 0.1) is 13.7 Å². The maximum Gasteiger partial charge on any atom is 0.362 e. The second kappa shape index (κ2) is 3.21. The van der Waals surface area contributed by atoms with Crippen molar-refractivity contribution in [3.8, 4) is 5.75 Å². The van der Waals surface area contributed by atoms with Crippen LogP contribution in [-0.4, -0.2) is 36.0 Å². The normalized spacial score (nSPS) is 13.9. The number of aryl methyl sites for hydroxylation is 1. The van der Waals surface area contributed by atoms with Crippen LogP contribution in [0.3, 0.4) is 0 Å². The molecule has 1 aliphatic rings. The molecule has 6 heteroatoms. The number of hydrogen-bond acceptors (Lipinski definition) is 5. The molecule has 0 saturated heterocycles. The third-order valence-electron chi connectivity index (χ3n) is 2.02. The number of nitrogens with zero attached hydrogens (tertiary/aromatic N) is 2. The van der Waals surface area contributed by atoms with Gasteiger partial charge in [0.2, 0.25) is 5.69 Å². The Morgan fingerprint density at radius 3 is 3.21 bits per heavy atom. The SMILES string of the molecule is COC(=O)c1nn(C)c2c1OCCN2. The molecule has 1 N–H and O–H groups in total. The van der Waals surface area contributed by atoms with Gasteiger partial charge in [-0.05, 0) is 0 Å². The van der Waals surface area contributed by atoms with Crippen LogP contribution in [0.4, 0.5) is 5.82 Å². The van der Waals surface area contributed by atoms with Gasteiger partial charge in [0.1, 0.15) is 6.61 Å². The summed E-state index contributed by atoms with van der Waals surface area (Å²) in [7, 11) is 3.06. The lowest BCUT2D eigenvalue weighted by Crippen LogP contribution is -2.19. The Hall–Kier alpha value is -1.72. The minimum atomic E-state index is -0.481. The topological polar surface area (TPSA) is 65.4 Å². The van der Waals surface area contributed by atoms with E-state index in [1.165, 1.54) is 7.11 Å². The van der Waals surface area contributed by atoms with E-state index >= 15 is 0 Å². The van der Waals surface area contributed by atoms with Crippen LogP contribution in [0.15, 0.2) is 0 Å². The number of esters is 1. The van der Waals surface area contributed by atoms with Crippen LogP contribution >= 0.6 is 0 Å². The fraction of sp³-hybridized carbons (Fsp3) is 0.500. The predicted molar refractivity (Wildman–Crippen MR) is 48.5 cm³/mol. The Balaban J connectivity index is 2.46. The monoisotopic (exact) mass is 197 g/mol. The van der Waals surface area contributed by atoms with Gasteiger partial charge in [-0.3, -0.25) is 0 Å². The van der Waals surface area contributed by atoms with E-state index in [4.69, 9.17) is 4.74 Å². The van der Waals surface area contributed by atoms with Crippen LogP contribution in [0.2, 0.25) is 0 Å². The van der Waals surface area contributed by atoms with Gasteiger partial charge in [0.25, 0.3) is 0 Å². The predicted octanol–water partition coefficient (Wildman–Crippen LogP) is 0.0110. The molecule has 0 amide bonds. The maximum atomic E-state index is 11.3. The number of fused-ring (bicyclic) bond motifs is 1. The molecular weight excluding hydrogens is 186 g/mol. The second-order valence-corrected chi connectivity index (χ2v) is 2.92. The van der Waals surface area contributed by atoms with Gasteiger partial charge in [-0.15, -0.1) is 0 Å². The molecule has 0 atom stereocenters. The number of methoxy groups -OCH3 is 1. The van der Waals surface area contributed by atoms with E-state index < -0.39 is 5.97 Å². The van der Waals surface area contributed by atoms with Crippen LogP contribution in [0.25, 0.3) is 0 Å². The Labute approximate surface area is 80.8 Å². The fourth-order valence-electron chi connectivity index (χ4n) is 1.39. The highest BCUT2D eigenvalue weighted by Crippen LogP contribution is 2.30. The summed E-state index contributed by atoms with van der Waals surface area (Å²) < 4.78 is 11.5. The number of rotatable bonds is 1. The van der Waals surface area contributed by atoms with Crippen molar-refractivity contribution in [2.24, 2.45) is 7.05 Å². The first kappa shape index (κ1) is 8.86. The summed E-state index contributed by atoms with van der Waals surface area (Å²) in [5, 5.41) is 7.12. The number of carbonyl (C=O) groups excluding carboxylic acids is 1. The molecule has 0 unspecified atom stereocenters. The number of ether oxygens (including phenoxy) is 2. The summed E-state index contributed by atoms with van der Waals surface area (Å²) in [5.74, 6) is 0.716. The van der Waals surface area contributed by atoms with Crippen molar-refractivity contribution in [3.63, 3.8) is 0 Å². The van der Waals surface area contributed by atoms with E-state index in [0.29, 0.717) is 18.9 Å². The highest BCUT2D eigenvalue weighted by atomic mass is 16.5. The molecule has 0 saturated carbocycles. The number of aromatic nitrogens is 2. The van der Waals surface area contributed by atoms with Crippen molar-refractivity contribution in [2.45, 2.75) is 0 Å². The average molecular weight is 197 g/mol. The van der Waals surface area contributed by atoms with E-state index in [-0.39, 0.29) is 5.69 Å². The van der Waals surface area contributed by atoms with E-state index in [1.54, 1.807) is 11.7 Å². The Morgan fingerprint density at radius 2 is 2.50 bits per heavy atom. The van der Waals surface area contributed by atoms with Gasteiger partial charge in [-0.2, -0.15) is 5.10 Å². The first-order chi connectivity index (χ1) is 6.74. The molecule has 1 aliphatic heterocycles. The third kappa shape index (κ3) is 1.19. The number of carbonyl (C=O) groups is 1. The Morgan fingerprint density at radius 1 is 1.71 bits per heavy atom. The molecular formula is C8H11N3O3. The average Bonchev–Trinajstić information content (AvgIpc) is 2.56. The first-order valence-electron chi connectivity index (χ1n) is 4.26. The lowest BCUT2D eigenvalue weighted by molar-refractivity contribution is 0.0588. The van der Waals surface area contributed by atoms with Crippen molar-refractivity contribution >= 4 is 11.8 Å². The summed E-state index contributed by atoms with van der Waals surface area (Å²) in [6.07, 6.45) is 0. The summed E-state index contributed by atoms with van der Waals surface area (Å²) in [6, 6.07) is 0. The Bertz CT molecular complexity index is 372. The molecule has 0 fully saturated rings. The highest BCUT2D eigenvalue weighted by molar-refractivity contribution is 5.92. The largest absolute Gasteiger partial charge is 0.485 e. The van der Waals surface area contributed by atoms with Gasteiger partial charge in [-0.25, -0.2) is 9.48 Å². The van der Waals surface area contributed by atoms with E-state index in [2.05, 4.69) is 15.2 Å². The van der Waals surface area contributed by atoms with Crippen LogP contribution < -0.4 is 10.1 Å². The molecule has 0 aliphatic carbocycles. The Kier molecular flexibility index (Phi) is 2.03. The molecule has 14 heavy (non-hydrogen) atoms. The van der Waals surface area contributed by atoms with Gasteiger partial charge in [0.15, 0.2) is 11.6 Å². The maximum absolute atomic E-state index is 11.3. The summed E-state index contributed by atoms with van der Waals surface area (Å²) in [4.78, 5) is 11.3. The summed E-state index contributed by atoms with van der Waals surface area (Å²) in [6.45, 7) is 1.25. The molecule has 2 heterocycles.